The van der Waals surface area contributed by atoms with Crippen LogP contribution in [-0.4, -0.2) is 52.3 Å². The van der Waals surface area contributed by atoms with Crippen molar-refractivity contribution in [2.75, 3.05) is 18.0 Å². The summed E-state index contributed by atoms with van der Waals surface area (Å²) in [7, 11) is 0. The lowest BCUT2D eigenvalue weighted by Gasteiger charge is -2.44. The predicted molar refractivity (Wildman–Crippen MR) is 110 cm³/mol. The number of nitrogens with one attached hydrogen (secondary N) is 2. The van der Waals surface area contributed by atoms with Gasteiger partial charge in [-0.3, -0.25) is 4.79 Å². The number of ether oxygens (including phenoxy) is 1. The average molecular weight is 464 g/mol. The molecule has 2 atom stereocenters. The van der Waals surface area contributed by atoms with Crippen molar-refractivity contribution in [1.29, 1.82) is 0 Å². The van der Waals surface area contributed by atoms with Crippen LogP contribution in [-0.2, 0) is 21.6 Å². The number of imide groups is 1. The zero-order valence-electron chi connectivity index (χ0n) is 16.7. The number of anilines is 1. The first-order valence-electron chi connectivity index (χ1n) is 9.82. The van der Waals surface area contributed by atoms with Crippen molar-refractivity contribution in [3.8, 4) is 0 Å². The van der Waals surface area contributed by atoms with E-state index in [0.29, 0.717) is 29.8 Å². The molecule has 3 amide bonds. The van der Waals surface area contributed by atoms with Gasteiger partial charge in [-0.2, -0.15) is 0 Å². The topological polar surface area (TPSA) is 134 Å². The molecule has 1 spiro atoms. The van der Waals surface area contributed by atoms with E-state index in [9.17, 15) is 19.5 Å². The number of carbonyl (C=O) groups excluding carboxylic acids is 2. The van der Waals surface area contributed by atoms with Crippen molar-refractivity contribution in [2.24, 2.45) is 0 Å². The summed E-state index contributed by atoms with van der Waals surface area (Å²) in [4.78, 5) is 46.1. The molecule has 1 saturated heterocycles. The molecule has 12 heteroatoms. The number of amides is 3. The second-order valence-electron chi connectivity index (χ2n) is 7.52. The minimum absolute atomic E-state index is 0.0118. The Kier molecular flexibility index (Phi) is 5.94. The van der Waals surface area contributed by atoms with Gasteiger partial charge in [0.05, 0.1) is 16.3 Å². The number of rotatable bonds is 4. The molecule has 1 aromatic carbocycles. The standard InChI is InChI=1S/C20H19ClFN5O5/c21-12-2-3-14-15(16(12)22)20(4-1-5-23-9-20)32-19(31)27(14)17(28)13(26-18(29)30)6-11-7-24-10-25-8-11/h2-3,7-8,10,13,23,26H,1,4-6,9H2,(H,29,30)/t13-,20-/m0/s1. The van der Waals surface area contributed by atoms with Crippen LogP contribution in [0.15, 0.2) is 30.9 Å². The Morgan fingerprint density at radius 3 is 2.78 bits per heavy atom. The van der Waals surface area contributed by atoms with E-state index in [4.69, 9.17) is 16.3 Å². The molecular weight excluding hydrogens is 445 g/mol. The Morgan fingerprint density at radius 1 is 1.38 bits per heavy atom. The summed E-state index contributed by atoms with van der Waals surface area (Å²) in [6, 6.07) is 1.22. The molecule has 0 saturated carbocycles. The summed E-state index contributed by atoms with van der Waals surface area (Å²) in [6.45, 7) is 0.826. The van der Waals surface area contributed by atoms with Gasteiger partial charge in [0.1, 0.15) is 12.4 Å². The quantitative estimate of drug-likeness (QED) is 0.628. The maximum absolute atomic E-state index is 15.2. The lowest BCUT2D eigenvalue weighted by molar-refractivity contribution is -0.121. The zero-order chi connectivity index (χ0) is 22.9. The number of benzene rings is 1. The van der Waals surface area contributed by atoms with Gasteiger partial charge in [-0.25, -0.2) is 28.8 Å². The Labute approximate surface area is 186 Å². The Hall–Kier alpha value is -3.31. The number of fused-ring (bicyclic) bond motifs is 2. The van der Waals surface area contributed by atoms with Gasteiger partial charge < -0.3 is 20.5 Å². The number of hydrogen-bond acceptors (Lipinski definition) is 7. The van der Waals surface area contributed by atoms with Crippen molar-refractivity contribution >= 4 is 35.4 Å². The molecule has 32 heavy (non-hydrogen) atoms. The highest BCUT2D eigenvalue weighted by atomic mass is 35.5. The summed E-state index contributed by atoms with van der Waals surface area (Å²) in [5.41, 5.74) is -0.902. The number of aromatic nitrogens is 2. The molecule has 2 aliphatic heterocycles. The minimum atomic E-state index is -1.47. The maximum Gasteiger partial charge on any atom is 0.422 e. The molecule has 10 nitrogen and oxygen atoms in total. The van der Waals surface area contributed by atoms with E-state index in [0.717, 1.165) is 0 Å². The van der Waals surface area contributed by atoms with Crippen molar-refractivity contribution in [3.63, 3.8) is 0 Å². The molecule has 1 fully saturated rings. The molecule has 1 aromatic heterocycles. The van der Waals surface area contributed by atoms with Gasteiger partial charge in [0.25, 0.3) is 5.91 Å². The Bertz CT molecular complexity index is 1060. The van der Waals surface area contributed by atoms with E-state index >= 15 is 4.39 Å². The highest BCUT2D eigenvalue weighted by Gasteiger charge is 2.50. The third-order valence-electron chi connectivity index (χ3n) is 5.45. The van der Waals surface area contributed by atoms with Gasteiger partial charge in [-0.15, -0.1) is 0 Å². The van der Waals surface area contributed by atoms with E-state index in [1.165, 1.54) is 30.9 Å². The summed E-state index contributed by atoms with van der Waals surface area (Å²) in [6.07, 6.45) is 2.46. The first-order valence-corrected chi connectivity index (χ1v) is 10.2. The highest BCUT2D eigenvalue weighted by Crippen LogP contribution is 2.46. The molecule has 0 aliphatic carbocycles. The summed E-state index contributed by atoms with van der Waals surface area (Å²) >= 11 is 6.01. The average Bonchev–Trinajstić information content (AvgIpc) is 2.76. The van der Waals surface area contributed by atoms with Crippen LogP contribution in [0.1, 0.15) is 24.0 Å². The molecule has 2 aromatic rings. The third kappa shape index (κ3) is 3.96. The fourth-order valence-electron chi connectivity index (χ4n) is 4.09. The number of carbonyl (C=O) groups is 3. The van der Waals surface area contributed by atoms with Gasteiger partial charge in [0, 0.05) is 25.4 Å². The fraction of sp³-hybridized carbons (Fsp3) is 0.350. The van der Waals surface area contributed by atoms with Gasteiger partial charge in [-0.1, -0.05) is 11.6 Å². The lowest BCUT2D eigenvalue weighted by atomic mass is 9.83. The van der Waals surface area contributed by atoms with Gasteiger partial charge in [0.15, 0.2) is 11.4 Å². The highest BCUT2D eigenvalue weighted by molar-refractivity contribution is 6.31. The molecular formula is C20H19ClFN5O5. The molecule has 2 aliphatic rings. The molecule has 0 unspecified atom stereocenters. The summed E-state index contributed by atoms with van der Waals surface area (Å²) < 4.78 is 20.8. The SMILES string of the molecule is O=C(O)N[C@@H](Cc1cncnc1)C(=O)N1C(=O)O[C@]2(CCCNC2)c2c1ccc(Cl)c2F. The van der Waals surface area contributed by atoms with E-state index in [2.05, 4.69) is 20.6 Å². The third-order valence-corrected chi connectivity index (χ3v) is 5.74. The number of carboxylic acid groups (broad SMARTS) is 1. The van der Waals surface area contributed by atoms with Crippen LogP contribution in [0.25, 0.3) is 0 Å². The predicted octanol–water partition coefficient (Wildman–Crippen LogP) is 2.21. The van der Waals surface area contributed by atoms with Gasteiger partial charge >= 0.3 is 12.2 Å². The maximum atomic E-state index is 15.2. The van der Waals surface area contributed by atoms with Crippen LogP contribution in [0.5, 0.6) is 0 Å². The van der Waals surface area contributed by atoms with E-state index in [1.54, 1.807) is 0 Å². The van der Waals surface area contributed by atoms with Crippen LogP contribution in [0.2, 0.25) is 5.02 Å². The van der Waals surface area contributed by atoms with Crippen LogP contribution in [0.3, 0.4) is 0 Å². The first-order chi connectivity index (χ1) is 15.3. The number of hydrogen-bond donors (Lipinski definition) is 3. The van der Waals surface area contributed by atoms with E-state index in [1.807, 2.05) is 0 Å². The largest absolute Gasteiger partial charge is 0.465 e. The number of nitrogens with zero attached hydrogens (tertiary/aromatic N) is 3. The molecule has 168 valence electrons. The number of piperidine rings is 1. The fourth-order valence-corrected chi connectivity index (χ4v) is 4.24. The lowest BCUT2D eigenvalue weighted by Crippen LogP contribution is -2.58. The molecule has 0 radical (unpaired) electrons. The van der Waals surface area contributed by atoms with Crippen molar-refractivity contribution < 1.29 is 28.6 Å². The summed E-state index contributed by atoms with van der Waals surface area (Å²) in [5, 5.41) is 14.2. The van der Waals surface area contributed by atoms with Crippen molar-refractivity contribution in [3.05, 3.63) is 52.8 Å². The molecule has 0 bridgehead atoms. The monoisotopic (exact) mass is 463 g/mol. The van der Waals surface area contributed by atoms with Crippen LogP contribution in [0, 0.1) is 5.82 Å². The number of halogens is 2. The van der Waals surface area contributed by atoms with Gasteiger partial charge in [-0.05, 0) is 37.1 Å². The Morgan fingerprint density at radius 2 is 2.12 bits per heavy atom. The van der Waals surface area contributed by atoms with Crippen LogP contribution in [0.4, 0.5) is 19.7 Å². The second kappa shape index (κ2) is 8.67. The van der Waals surface area contributed by atoms with E-state index < -0.39 is 35.6 Å². The Balaban J connectivity index is 1.77. The molecule has 4 rings (SSSR count). The molecule has 3 heterocycles. The zero-order valence-corrected chi connectivity index (χ0v) is 17.4. The van der Waals surface area contributed by atoms with E-state index in [-0.39, 0.29) is 29.2 Å². The normalized spacial score (nSPS) is 20.9. The second-order valence-corrected chi connectivity index (χ2v) is 7.93. The smallest absolute Gasteiger partial charge is 0.422 e. The van der Waals surface area contributed by atoms with Crippen molar-refractivity contribution in [2.45, 2.75) is 30.9 Å². The van der Waals surface area contributed by atoms with Crippen LogP contribution < -0.4 is 15.5 Å². The summed E-state index contributed by atoms with van der Waals surface area (Å²) in [5.74, 6) is -1.72. The van der Waals surface area contributed by atoms with Crippen LogP contribution >= 0.6 is 11.6 Å². The minimum Gasteiger partial charge on any atom is -0.465 e. The van der Waals surface area contributed by atoms with Gasteiger partial charge in [0.2, 0.25) is 0 Å². The van der Waals surface area contributed by atoms with Crippen molar-refractivity contribution in [1.82, 2.24) is 20.6 Å². The first kappa shape index (κ1) is 21.9. The molecule has 3 N–H and O–H groups in total.